The van der Waals surface area contributed by atoms with Gasteiger partial charge in [-0.15, -0.1) is 0 Å². The first-order chi connectivity index (χ1) is 13.8. The highest BCUT2D eigenvalue weighted by Crippen LogP contribution is 2.19. The smallest absolute Gasteiger partial charge is 0.158 e. The maximum Gasteiger partial charge on any atom is 0.158 e. The van der Waals surface area contributed by atoms with E-state index in [0.717, 1.165) is 58.7 Å². The maximum absolute atomic E-state index is 6.44. The van der Waals surface area contributed by atoms with Gasteiger partial charge in [0, 0.05) is 45.9 Å². The summed E-state index contributed by atoms with van der Waals surface area (Å²) in [7, 11) is 0. The van der Waals surface area contributed by atoms with Crippen molar-refractivity contribution in [3.63, 3.8) is 0 Å². The quantitative estimate of drug-likeness (QED) is 0.758. The molecule has 4 rings (SSSR count). The van der Waals surface area contributed by atoms with Gasteiger partial charge in [-0.3, -0.25) is 9.80 Å². The first kappa shape index (κ1) is 19.6. The molecule has 2 aromatic carbocycles. The minimum Gasteiger partial charge on any atom is -0.353 e. The lowest BCUT2D eigenvalue weighted by Gasteiger charge is -2.30. The van der Waals surface area contributed by atoms with Crippen LogP contribution in [-0.2, 0) is 22.6 Å². The molecule has 0 aromatic heterocycles. The van der Waals surface area contributed by atoms with E-state index in [4.69, 9.17) is 9.47 Å². The minimum absolute atomic E-state index is 0.0333. The van der Waals surface area contributed by atoms with E-state index in [2.05, 4.69) is 70.5 Å². The fourth-order valence-electron chi connectivity index (χ4n) is 4.19. The fraction of sp³-hybridized carbons (Fsp3) is 0.500. The van der Waals surface area contributed by atoms with Gasteiger partial charge in [0.25, 0.3) is 0 Å². The molecule has 1 unspecified atom stereocenters. The summed E-state index contributed by atoms with van der Waals surface area (Å²) >= 11 is 0. The van der Waals surface area contributed by atoms with E-state index in [1.165, 1.54) is 17.5 Å². The number of benzene rings is 2. The average molecular weight is 381 g/mol. The van der Waals surface area contributed by atoms with Crippen molar-refractivity contribution < 1.29 is 9.47 Å². The highest BCUT2D eigenvalue weighted by molar-refractivity contribution is 5.15. The van der Waals surface area contributed by atoms with Crippen LogP contribution in [0.5, 0.6) is 0 Å². The van der Waals surface area contributed by atoms with Gasteiger partial charge in [0.2, 0.25) is 0 Å². The molecular weight excluding hydrogens is 348 g/mol. The Morgan fingerprint density at radius 1 is 0.786 bits per heavy atom. The van der Waals surface area contributed by atoms with E-state index in [0.29, 0.717) is 0 Å². The molecule has 0 saturated carbocycles. The molecule has 0 bridgehead atoms. The van der Waals surface area contributed by atoms with Crippen LogP contribution >= 0.6 is 0 Å². The SMILES string of the molecule is c1ccc(CN2CCN(Cc3ccccc3)CC(OC3CCCCO3)C2)cc1. The lowest BCUT2D eigenvalue weighted by atomic mass is 10.2. The normalized spacial score (nSPS) is 22.8. The van der Waals surface area contributed by atoms with Crippen molar-refractivity contribution in [1.29, 1.82) is 0 Å². The fourth-order valence-corrected chi connectivity index (χ4v) is 4.19. The van der Waals surface area contributed by atoms with Gasteiger partial charge in [-0.25, -0.2) is 0 Å². The van der Waals surface area contributed by atoms with Crippen molar-refractivity contribution in [3.8, 4) is 0 Å². The van der Waals surface area contributed by atoms with E-state index in [9.17, 15) is 0 Å². The van der Waals surface area contributed by atoms with Crippen LogP contribution in [-0.4, -0.2) is 55.0 Å². The summed E-state index contributed by atoms with van der Waals surface area (Å²) in [5.74, 6) is 0. The number of ether oxygens (including phenoxy) is 2. The van der Waals surface area contributed by atoms with E-state index >= 15 is 0 Å². The van der Waals surface area contributed by atoms with Crippen molar-refractivity contribution in [2.24, 2.45) is 0 Å². The third-order valence-corrected chi connectivity index (χ3v) is 5.64. The van der Waals surface area contributed by atoms with E-state index in [-0.39, 0.29) is 12.4 Å². The van der Waals surface area contributed by atoms with E-state index in [1.54, 1.807) is 0 Å². The molecule has 1 atom stereocenters. The van der Waals surface area contributed by atoms with Crippen LogP contribution in [0.3, 0.4) is 0 Å². The molecule has 2 aliphatic rings. The van der Waals surface area contributed by atoms with Gasteiger partial charge in [-0.05, 0) is 30.4 Å². The van der Waals surface area contributed by atoms with Crippen LogP contribution in [0.25, 0.3) is 0 Å². The topological polar surface area (TPSA) is 24.9 Å². The second-order valence-electron chi connectivity index (χ2n) is 8.00. The zero-order valence-electron chi connectivity index (χ0n) is 16.7. The van der Waals surface area contributed by atoms with Gasteiger partial charge in [0.05, 0.1) is 6.10 Å². The summed E-state index contributed by atoms with van der Waals surface area (Å²) in [5.41, 5.74) is 2.73. The Bertz CT molecular complexity index is 637. The third kappa shape index (κ3) is 5.89. The summed E-state index contributed by atoms with van der Waals surface area (Å²) in [6.07, 6.45) is 3.53. The zero-order chi connectivity index (χ0) is 19.0. The first-order valence-corrected chi connectivity index (χ1v) is 10.6. The van der Waals surface area contributed by atoms with Crippen molar-refractivity contribution in [2.75, 3.05) is 32.8 Å². The van der Waals surface area contributed by atoms with Crippen LogP contribution in [0.4, 0.5) is 0 Å². The standard InChI is InChI=1S/C24H32N2O2/c1-3-9-21(10-4-1)17-25-14-15-26(18-22-11-5-2-6-12-22)20-23(19-25)28-24-13-7-8-16-27-24/h1-6,9-12,23-24H,7-8,13-20H2. The molecule has 2 heterocycles. The highest BCUT2D eigenvalue weighted by Gasteiger charge is 2.27. The van der Waals surface area contributed by atoms with E-state index in [1.807, 2.05) is 0 Å². The summed E-state index contributed by atoms with van der Waals surface area (Å²) in [5, 5.41) is 0. The minimum atomic E-state index is -0.0333. The predicted octanol–water partition coefficient (Wildman–Crippen LogP) is 3.92. The molecule has 2 saturated heterocycles. The molecule has 0 spiro atoms. The lowest BCUT2D eigenvalue weighted by Crippen LogP contribution is -2.39. The Balaban J connectivity index is 1.42. The van der Waals surface area contributed by atoms with Crippen LogP contribution in [0.15, 0.2) is 60.7 Å². The predicted molar refractivity (Wildman–Crippen MR) is 112 cm³/mol. The second kappa shape index (κ2) is 10.2. The monoisotopic (exact) mass is 380 g/mol. The molecule has 2 aromatic rings. The molecule has 150 valence electrons. The number of hydrogen-bond acceptors (Lipinski definition) is 4. The highest BCUT2D eigenvalue weighted by atomic mass is 16.7. The van der Waals surface area contributed by atoms with Gasteiger partial charge in [0.1, 0.15) is 0 Å². The molecule has 2 aliphatic heterocycles. The van der Waals surface area contributed by atoms with Gasteiger partial charge in [-0.1, -0.05) is 60.7 Å². The summed E-state index contributed by atoms with van der Waals surface area (Å²) < 4.78 is 12.3. The van der Waals surface area contributed by atoms with Crippen LogP contribution in [0, 0.1) is 0 Å². The van der Waals surface area contributed by atoms with Crippen molar-refractivity contribution in [2.45, 2.75) is 44.7 Å². The molecule has 4 nitrogen and oxygen atoms in total. The average Bonchev–Trinajstić information content (AvgIpc) is 2.92. The zero-order valence-corrected chi connectivity index (χ0v) is 16.7. The molecule has 0 amide bonds. The van der Waals surface area contributed by atoms with Crippen molar-refractivity contribution >= 4 is 0 Å². The molecule has 4 heteroatoms. The summed E-state index contributed by atoms with van der Waals surface area (Å²) in [6.45, 7) is 6.83. The van der Waals surface area contributed by atoms with Crippen molar-refractivity contribution in [3.05, 3.63) is 71.8 Å². The summed E-state index contributed by atoms with van der Waals surface area (Å²) in [4.78, 5) is 5.07. The van der Waals surface area contributed by atoms with Gasteiger partial charge in [0.15, 0.2) is 6.29 Å². The molecule has 0 N–H and O–H groups in total. The Morgan fingerprint density at radius 2 is 1.36 bits per heavy atom. The Hall–Kier alpha value is -1.72. The largest absolute Gasteiger partial charge is 0.353 e. The van der Waals surface area contributed by atoms with Crippen molar-refractivity contribution in [1.82, 2.24) is 9.80 Å². The lowest BCUT2D eigenvalue weighted by molar-refractivity contribution is -0.192. The maximum atomic E-state index is 6.44. The summed E-state index contributed by atoms with van der Waals surface area (Å²) in [6, 6.07) is 21.5. The second-order valence-corrected chi connectivity index (χ2v) is 8.00. The number of rotatable bonds is 6. The molecule has 0 aliphatic carbocycles. The van der Waals surface area contributed by atoms with Gasteiger partial charge in [-0.2, -0.15) is 0 Å². The number of nitrogens with zero attached hydrogens (tertiary/aromatic N) is 2. The van der Waals surface area contributed by atoms with Crippen LogP contribution in [0.2, 0.25) is 0 Å². The Labute approximate surface area is 169 Å². The molecular formula is C24H32N2O2. The molecule has 2 fully saturated rings. The van der Waals surface area contributed by atoms with E-state index < -0.39 is 0 Å². The molecule has 28 heavy (non-hydrogen) atoms. The number of hydrogen-bond donors (Lipinski definition) is 0. The third-order valence-electron chi connectivity index (χ3n) is 5.64. The Morgan fingerprint density at radius 3 is 1.86 bits per heavy atom. The van der Waals surface area contributed by atoms with Crippen LogP contribution in [0.1, 0.15) is 30.4 Å². The van der Waals surface area contributed by atoms with Crippen LogP contribution < -0.4 is 0 Å². The van der Waals surface area contributed by atoms with Gasteiger partial charge >= 0.3 is 0 Å². The van der Waals surface area contributed by atoms with Gasteiger partial charge < -0.3 is 9.47 Å². The Kier molecular flexibility index (Phi) is 7.12. The molecule has 0 radical (unpaired) electrons. The first-order valence-electron chi connectivity index (χ1n) is 10.6.